The summed E-state index contributed by atoms with van der Waals surface area (Å²) in [5.74, 6) is -1.01. The third-order valence-electron chi connectivity index (χ3n) is 11.1. The van der Waals surface area contributed by atoms with Gasteiger partial charge in [0.05, 0.1) is 23.2 Å². The van der Waals surface area contributed by atoms with E-state index in [4.69, 9.17) is 9.47 Å². The number of fused-ring (bicyclic) bond motifs is 7. The first-order valence-electron chi connectivity index (χ1n) is 12.8. The third kappa shape index (κ3) is 2.43. The van der Waals surface area contributed by atoms with Crippen LogP contribution in [0.2, 0.25) is 0 Å². The fourth-order valence-electron chi connectivity index (χ4n) is 9.13. The quantitative estimate of drug-likeness (QED) is 0.366. The van der Waals surface area contributed by atoms with Gasteiger partial charge in [0.15, 0.2) is 5.78 Å². The molecule has 2 saturated carbocycles. The molecule has 0 amide bonds. The van der Waals surface area contributed by atoms with Gasteiger partial charge in [0.2, 0.25) is 0 Å². The highest BCUT2D eigenvalue weighted by Gasteiger charge is 2.83. The van der Waals surface area contributed by atoms with Gasteiger partial charge in [-0.3, -0.25) is 4.79 Å². The van der Waals surface area contributed by atoms with Crippen LogP contribution in [0.4, 0.5) is 0 Å². The van der Waals surface area contributed by atoms with Gasteiger partial charge in [0.1, 0.15) is 11.7 Å². The molecule has 10 unspecified atom stereocenters. The van der Waals surface area contributed by atoms with Crippen molar-refractivity contribution >= 4 is 11.8 Å². The Hall–Kier alpha value is -1.76. The minimum Gasteiger partial charge on any atom is -0.458 e. The Balaban J connectivity index is 1.38. The van der Waals surface area contributed by atoms with Crippen molar-refractivity contribution in [2.75, 3.05) is 0 Å². The summed E-state index contributed by atoms with van der Waals surface area (Å²) in [7, 11) is 0. The molecule has 0 bridgehead atoms. The molecule has 34 heavy (non-hydrogen) atoms. The summed E-state index contributed by atoms with van der Waals surface area (Å²) in [4.78, 5) is 25.6. The average Bonchev–Trinajstić information content (AvgIpc) is 3.45. The number of ketones is 1. The van der Waals surface area contributed by atoms with Crippen LogP contribution in [0.1, 0.15) is 66.7 Å². The number of carbonyl (C=O) groups excluding carboxylic acids is 2. The molecule has 6 aliphatic rings. The van der Waals surface area contributed by atoms with E-state index in [9.17, 15) is 19.8 Å². The third-order valence-corrected chi connectivity index (χ3v) is 11.1. The number of aliphatic hydroxyl groups excluding tert-OH is 1. The molecule has 1 saturated heterocycles. The number of cyclic esters (lactones) is 1. The molecule has 0 radical (unpaired) electrons. The maximum absolute atomic E-state index is 13.2. The predicted octanol–water partition coefficient (Wildman–Crippen LogP) is 3.42. The molecule has 6 heteroatoms. The van der Waals surface area contributed by atoms with E-state index < -0.39 is 34.1 Å². The summed E-state index contributed by atoms with van der Waals surface area (Å²) in [6.07, 6.45) is 7.36. The number of aliphatic hydroxyl groups is 2. The van der Waals surface area contributed by atoms with Crippen molar-refractivity contribution in [2.24, 2.45) is 28.6 Å². The molecule has 4 aliphatic carbocycles. The number of ether oxygens (including phenoxy) is 2. The van der Waals surface area contributed by atoms with Crippen LogP contribution in [-0.4, -0.2) is 51.5 Å². The minimum absolute atomic E-state index is 0.0231. The predicted molar refractivity (Wildman–Crippen MR) is 124 cm³/mol. The highest BCUT2D eigenvalue weighted by molar-refractivity contribution is 5.99. The van der Waals surface area contributed by atoms with Gasteiger partial charge in [0, 0.05) is 29.2 Å². The van der Waals surface area contributed by atoms with Gasteiger partial charge in [-0.15, -0.1) is 0 Å². The minimum atomic E-state index is -1.19. The second kappa shape index (κ2) is 6.71. The van der Waals surface area contributed by atoms with Crippen LogP contribution in [0, 0.1) is 28.6 Å². The summed E-state index contributed by atoms with van der Waals surface area (Å²) < 4.78 is 12.3. The second-order valence-corrected chi connectivity index (χ2v) is 12.3. The van der Waals surface area contributed by atoms with Crippen LogP contribution in [-0.2, 0) is 19.1 Å². The van der Waals surface area contributed by atoms with E-state index in [-0.39, 0.29) is 35.8 Å². The number of esters is 1. The number of hydrogen-bond donors (Lipinski definition) is 2. The molecule has 0 spiro atoms. The largest absolute Gasteiger partial charge is 0.458 e. The van der Waals surface area contributed by atoms with E-state index in [2.05, 4.69) is 19.9 Å². The zero-order valence-electron chi connectivity index (χ0n) is 20.8. The summed E-state index contributed by atoms with van der Waals surface area (Å²) in [5, 5.41) is 24.0. The Labute approximate surface area is 201 Å². The molecule has 6 rings (SSSR count). The van der Waals surface area contributed by atoms with Crippen LogP contribution in [0.5, 0.6) is 0 Å². The standard InChI is InChI=1S/C28H36O6/c1-14-11-19(33-24(31)15(14)2)16(3)28-22(34-28)12-20-25(28,4)13-18(29)23-26(5)17(7-6-8-21(26)30)9-10-27(20,23)32/h6,8-9,16,18-20,22-23,29,32H,7,10-13H2,1-5H3. The van der Waals surface area contributed by atoms with E-state index in [0.29, 0.717) is 37.7 Å². The van der Waals surface area contributed by atoms with Crippen LogP contribution in [0.25, 0.3) is 0 Å². The van der Waals surface area contributed by atoms with E-state index in [1.165, 1.54) is 0 Å². The summed E-state index contributed by atoms with van der Waals surface area (Å²) >= 11 is 0. The number of rotatable bonds is 2. The van der Waals surface area contributed by atoms with Gasteiger partial charge in [-0.2, -0.15) is 0 Å². The van der Waals surface area contributed by atoms with Gasteiger partial charge in [-0.1, -0.05) is 37.1 Å². The van der Waals surface area contributed by atoms with Gasteiger partial charge in [-0.25, -0.2) is 4.79 Å². The van der Waals surface area contributed by atoms with E-state index in [1.54, 1.807) is 13.0 Å². The van der Waals surface area contributed by atoms with Crippen molar-refractivity contribution in [1.82, 2.24) is 0 Å². The first-order valence-corrected chi connectivity index (χ1v) is 12.8. The fraction of sp³-hybridized carbons (Fsp3) is 0.714. The Kier molecular flexibility index (Phi) is 4.48. The second-order valence-electron chi connectivity index (χ2n) is 12.3. The fourth-order valence-corrected chi connectivity index (χ4v) is 9.13. The lowest BCUT2D eigenvalue weighted by Crippen LogP contribution is -2.69. The van der Waals surface area contributed by atoms with Crippen molar-refractivity contribution in [3.05, 3.63) is 34.9 Å². The number of allylic oxidation sites excluding steroid dienone is 3. The molecule has 0 aromatic heterocycles. The number of carbonyl (C=O) groups is 2. The Bertz CT molecular complexity index is 1090. The molecular weight excluding hydrogens is 432 g/mol. The molecule has 184 valence electrons. The maximum Gasteiger partial charge on any atom is 0.333 e. The van der Waals surface area contributed by atoms with Crippen LogP contribution in [0.3, 0.4) is 0 Å². The van der Waals surface area contributed by atoms with E-state index in [0.717, 1.165) is 11.1 Å². The molecule has 10 atom stereocenters. The summed E-state index contributed by atoms with van der Waals surface area (Å²) in [5.41, 5.74) is -0.376. The molecular formula is C28H36O6. The Morgan fingerprint density at radius 1 is 1.21 bits per heavy atom. The average molecular weight is 469 g/mol. The maximum atomic E-state index is 13.2. The Morgan fingerprint density at radius 2 is 1.94 bits per heavy atom. The van der Waals surface area contributed by atoms with E-state index in [1.807, 2.05) is 19.9 Å². The van der Waals surface area contributed by atoms with Gasteiger partial charge >= 0.3 is 5.97 Å². The summed E-state index contributed by atoms with van der Waals surface area (Å²) in [6.45, 7) is 9.94. The van der Waals surface area contributed by atoms with Crippen molar-refractivity contribution in [2.45, 2.75) is 96.2 Å². The van der Waals surface area contributed by atoms with Crippen LogP contribution < -0.4 is 0 Å². The van der Waals surface area contributed by atoms with Crippen LogP contribution >= 0.6 is 0 Å². The normalized spacial score (nSPS) is 52.2. The highest BCUT2D eigenvalue weighted by Crippen LogP contribution is 2.75. The SMILES string of the molecule is CC1=C(C)C(=O)OC(C(C)C23OC2CC2C4(O)CC=C5CC=CC(=O)C5(C)C4C(O)CC23C)C1. The smallest absolute Gasteiger partial charge is 0.333 e. The lowest BCUT2D eigenvalue weighted by molar-refractivity contribution is -0.233. The molecule has 0 aromatic rings. The van der Waals surface area contributed by atoms with Crippen molar-refractivity contribution in [3.63, 3.8) is 0 Å². The summed E-state index contributed by atoms with van der Waals surface area (Å²) in [6, 6.07) is 0. The highest BCUT2D eigenvalue weighted by atomic mass is 16.6. The molecule has 2 aliphatic heterocycles. The van der Waals surface area contributed by atoms with Gasteiger partial charge in [-0.05, 0) is 58.4 Å². The van der Waals surface area contributed by atoms with Gasteiger partial charge < -0.3 is 19.7 Å². The van der Waals surface area contributed by atoms with Gasteiger partial charge in [0.25, 0.3) is 0 Å². The molecule has 2 N–H and O–H groups in total. The number of epoxide rings is 1. The Morgan fingerprint density at radius 3 is 2.65 bits per heavy atom. The van der Waals surface area contributed by atoms with Crippen molar-refractivity contribution in [1.29, 1.82) is 0 Å². The zero-order valence-corrected chi connectivity index (χ0v) is 20.8. The van der Waals surface area contributed by atoms with Crippen molar-refractivity contribution < 1.29 is 29.3 Å². The lowest BCUT2D eigenvalue weighted by Gasteiger charge is -2.62. The first-order chi connectivity index (χ1) is 15.9. The molecule has 6 nitrogen and oxygen atoms in total. The molecule has 2 heterocycles. The monoisotopic (exact) mass is 468 g/mol. The van der Waals surface area contributed by atoms with E-state index >= 15 is 0 Å². The number of hydrogen-bond acceptors (Lipinski definition) is 6. The van der Waals surface area contributed by atoms with Crippen LogP contribution in [0.15, 0.2) is 34.9 Å². The topological polar surface area (TPSA) is 96.4 Å². The molecule has 3 fully saturated rings. The lowest BCUT2D eigenvalue weighted by atomic mass is 9.44. The first kappa shape index (κ1) is 22.7. The zero-order chi connectivity index (χ0) is 24.4. The van der Waals surface area contributed by atoms with Crippen molar-refractivity contribution in [3.8, 4) is 0 Å². The molecule has 0 aromatic carbocycles.